The Hall–Kier alpha value is -3.21. The number of carbonyl (C=O) groups excluding carboxylic acids is 1. The van der Waals surface area contributed by atoms with E-state index >= 15 is 0 Å². The number of aromatic nitrogens is 2. The number of amides is 1. The Morgan fingerprint density at radius 2 is 2.03 bits per heavy atom. The average Bonchev–Trinajstić information content (AvgIpc) is 2.87. The number of ether oxygens (including phenoxy) is 3. The van der Waals surface area contributed by atoms with Gasteiger partial charge in [0.25, 0.3) is 5.91 Å². The summed E-state index contributed by atoms with van der Waals surface area (Å²) in [5.74, 6) is 0.483. The minimum absolute atomic E-state index is 0.00108. The second kappa shape index (κ2) is 11.7. The van der Waals surface area contributed by atoms with Crippen LogP contribution in [0.25, 0.3) is 10.9 Å². The van der Waals surface area contributed by atoms with E-state index in [2.05, 4.69) is 15.3 Å². The van der Waals surface area contributed by atoms with Crippen molar-refractivity contribution in [2.24, 2.45) is 0 Å². The molecule has 1 unspecified atom stereocenters. The summed E-state index contributed by atoms with van der Waals surface area (Å²) < 4.78 is 31.8. The van der Waals surface area contributed by atoms with Crippen LogP contribution in [-0.2, 0) is 9.53 Å². The lowest BCUT2D eigenvalue weighted by Gasteiger charge is -2.33. The van der Waals surface area contributed by atoms with Gasteiger partial charge in [-0.15, -0.1) is 0 Å². The molecule has 3 aromatic rings. The molecule has 4 rings (SSSR count). The van der Waals surface area contributed by atoms with Crippen molar-refractivity contribution in [3.05, 3.63) is 47.5 Å². The highest BCUT2D eigenvalue weighted by Gasteiger charge is 2.27. The molecule has 0 aliphatic carbocycles. The summed E-state index contributed by atoms with van der Waals surface area (Å²) in [6.45, 7) is 3.11. The first kappa shape index (κ1) is 25.9. The molecule has 2 N–H and O–H groups in total. The zero-order valence-electron chi connectivity index (χ0n) is 20.0. The monoisotopic (exact) mass is 518 g/mol. The summed E-state index contributed by atoms with van der Waals surface area (Å²) in [5, 5.41) is 13.2. The molecule has 2 aromatic carbocycles. The maximum Gasteiger partial charge on any atom is 0.251 e. The lowest BCUT2D eigenvalue weighted by molar-refractivity contribution is -0.141. The Kier molecular flexibility index (Phi) is 8.40. The van der Waals surface area contributed by atoms with Crippen LogP contribution in [0.1, 0.15) is 19.8 Å². The molecule has 1 amide bonds. The second-order valence-electron chi connectivity index (χ2n) is 8.42. The van der Waals surface area contributed by atoms with E-state index in [1.54, 1.807) is 36.3 Å². The lowest BCUT2D eigenvalue weighted by Crippen LogP contribution is -2.45. The SMILES string of the molecule is COCCOc1cc2c(Nc3cccc(Cl)c3F)ncnc2cc1OC1CCN(C(=O)C(C)O)CC1. The smallest absolute Gasteiger partial charge is 0.251 e. The van der Waals surface area contributed by atoms with Gasteiger partial charge < -0.3 is 29.5 Å². The van der Waals surface area contributed by atoms with E-state index in [1.165, 1.54) is 19.3 Å². The van der Waals surface area contributed by atoms with Crippen molar-refractivity contribution >= 4 is 39.9 Å². The number of nitrogens with one attached hydrogen (secondary N) is 1. The van der Waals surface area contributed by atoms with Crippen LogP contribution >= 0.6 is 11.6 Å². The van der Waals surface area contributed by atoms with Gasteiger partial charge in [0.15, 0.2) is 17.3 Å². The summed E-state index contributed by atoms with van der Waals surface area (Å²) >= 11 is 5.92. The maximum absolute atomic E-state index is 14.5. The molecule has 36 heavy (non-hydrogen) atoms. The minimum atomic E-state index is -1.02. The Balaban J connectivity index is 1.60. The fraction of sp³-hybridized carbons (Fsp3) is 0.400. The number of fused-ring (bicyclic) bond motifs is 1. The van der Waals surface area contributed by atoms with Gasteiger partial charge in [-0.1, -0.05) is 17.7 Å². The number of nitrogens with zero attached hydrogens (tertiary/aromatic N) is 3. The number of piperidine rings is 1. The van der Waals surface area contributed by atoms with E-state index in [-0.39, 0.29) is 22.7 Å². The topological polar surface area (TPSA) is 106 Å². The molecule has 2 heterocycles. The normalized spacial score (nSPS) is 15.1. The van der Waals surface area contributed by atoms with Gasteiger partial charge in [-0.05, 0) is 25.1 Å². The van der Waals surface area contributed by atoms with E-state index < -0.39 is 11.9 Å². The number of hydrogen-bond donors (Lipinski definition) is 2. The van der Waals surface area contributed by atoms with Crippen molar-refractivity contribution < 1.29 is 28.5 Å². The molecule has 1 fully saturated rings. The summed E-state index contributed by atoms with van der Waals surface area (Å²) in [4.78, 5) is 22.3. The van der Waals surface area contributed by atoms with Gasteiger partial charge in [0, 0.05) is 44.5 Å². The highest BCUT2D eigenvalue weighted by atomic mass is 35.5. The van der Waals surface area contributed by atoms with Gasteiger partial charge in [0.2, 0.25) is 0 Å². The molecule has 192 valence electrons. The first-order valence-corrected chi connectivity index (χ1v) is 12.0. The summed E-state index contributed by atoms with van der Waals surface area (Å²) in [7, 11) is 1.58. The molecule has 1 aliphatic heterocycles. The molecule has 1 atom stereocenters. The van der Waals surface area contributed by atoms with Crippen molar-refractivity contribution in [2.75, 3.05) is 38.7 Å². The first-order valence-electron chi connectivity index (χ1n) is 11.6. The Bertz CT molecular complexity index is 1220. The molecule has 0 saturated carbocycles. The third-order valence-electron chi connectivity index (χ3n) is 5.86. The van der Waals surface area contributed by atoms with Gasteiger partial charge in [-0.2, -0.15) is 0 Å². The Labute approximate surface area is 213 Å². The largest absolute Gasteiger partial charge is 0.487 e. The van der Waals surface area contributed by atoms with Crippen LogP contribution in [0, 0.1) is 5.82 Å². The summed E-state index contributed by atoms with van der Waals surface area (Å²) in [6.07, 6.45) is 1.43. The van der Waals surface area contributed by atoms with Crippen LogP contribution in [-0.4, -0.2) is 71.5 Å². The molecule has 1 aromatic heterocycles. The van der Waals surface area contributed by atoms with Crippen molar-refractivity contribution in [1.82, 2.24) is 14.9 Å². The second-order valence-corrected chi connectivity index (χ2v) is 8.83. The molecular formula is C25H28ClFN4O5. The number of anilines is 2. The molecule has 0 radical (unpaired) electrons. The van der Waals surface area contributed by atoms with Gasteiger partial charge in [0.1, 0.15) is 31.0 Å². The molecule has 9 nitrogen and oxygen atoms in total. The van der Waals surface area contributed by atoms with Crippen molar-refractivity contribution in [2.45, 2.75) is 32.0 Å². The summed E-state index contributed by atoms with van der Waals surface area (Å²) in [6, 6.07) is 8.18. The number of aliphatic hydroxyl groups excluding tert-OH is 1. The van der Waals surface area contributed by atoms with Crippen LogP contribution in [0.4, 0.5) is 15.9 Å². The van der Waals surface area contributed by atoms with Crippen LogP contribution < -0.4 is 14.8 Å². The van der Waals surface area contributed by atoms with Gasteiger partial charge in [0.05, 0.1) is 22.8 Å². The molecule has 1 saturated heterocycles. The number of hydrogen-bond acceptors (Lipinski definition) is 8. The van der Waals surface area contributed by atoms with Crippen molar-refractivity contribution in [3.8, 4) is 11.5 Å². The van der Waals surface area contributed by atoms with E-state index in [4.69, 9.17) is 25.8 Å². The number of halogens is 2. The fourth-order valence-electron chi connectivity index (χ4n) is 3.97. The highest BCUT2D eigenvalue weighted by molar-refractivity contribution is 6.31. The zero-order chi connectivity index (χ0) is 25.7. The lowest BCUT2D eigenvalue weighted by atomic mass is 10.1. The minimum Gasteiger partial charge on any atom is -0.487 e. The molecular weight excluding hydrogens is 491 g/mol. The number of carbonyl (C=O) groups is 1. The van der Waals surface area contributed by atoms with Crippen molar-refractivity contribution in [1.29, 1.82) is 0 Å². The van der Waals surface area contributed by atoms with E-state index in [0.717, 1.165) is 0 Å². The maximum atomic E-state index is 14.5. The third kappa shape index (κ3) is 5.95. The predicted molar refractivity (Wildman–Crippen MR) is 134 cm³/mol. The number of benzene rings is 2. The van der Waals surface area contributed by atoms with E-state index in [1.807, 2.05) is 0 Å². The number of aliphatic hydroxyl groups is 1. The van der Waals surface area contributed by atoms with Gasteiger partial charge >= 0.3 is 0 Å². The van der Waals surface area contributed by atoms with E-state index in [9.17, 15) is 14.3 Å². The van der Waals surface area contributed by atoms with Crippen molar-refractivity contribution in [3.63, 3.8) is 0 Å². The fourth-order valence-corrected chi connectivity index (χ4v) is 4.14. The highest BCUT2D eigenvalue weighted by Crippen LogP contribution is 2.37. The van der Waals surface area contributed by atoms with Crippen LogP contribution in [0.5, 0.6) is 11.5 Å². The average molecular weight is 519 g/mol. The number of methoxy groups -OCH3 is 1. The zero-order valence-corrected chi connectivity index (χ0v) is 20.8. The molecule has 0 spiro atoms. The van der Waals surface area contributed by atoms with Gasteiger partial charge in [-0.3, -0.25) is 4.79 Å². The quantitative estimate of drug-likeness (QED) is 0.410. The molecule has 1 aliphatic rings. The third-order valence-corrected chi connectivity index (χ3v) is 6.15. The van der Waals surface area contributed by atoms with Crippen LogP contribution in [0.15, 0.2) is 36.7 Å². The Morgan fingerprint density at radius 1 is 1.25 bits per heavy atom. The number of likely N-dealkylation sites (tertiary alicyclic amines) is 1. The van der Waals surface area contributed by atoms with E-state index in [0.29, 0.717) is 67.4 Å². The van der Waals surface area contributed by atoms with Crippen LogP contribution in [0.3, 0.4) is 0 Å². The predicted octanol–water partition coefficient (Wildman–Crippen LogP) is 3.94. The Morgan fingerprint density at radius 3 is 2.75 bits per heavy atom. The molecule has 0 bridgehead atoms. The van der Waals surface area contributed by atoms with Crippen LogP contribution in [0.2, 0.25) is 5.02 Å². The van der Waals surface area contributed by atoms with Gasteiger partial charge in [-0.25, -0.2) is 14.4 Å². The number of rotatable bonds is 9. The summed E-state index contributed by atoms with van der Waals surface area (Å²) in [5.41, 5.74) is 0.758. The molecule has 11 heteroatoms. The first-order chi connectivity index (χ1) is 17.4. The standard InChI is InChI=1S/C25H28ClFN4O5/c1-15(32)25(33)31-8-6-16(7-9-31)36-22-13-20-17(12-21(22)35-11-10-34-2)24(29-14-28-20)30-19-5-3-4-18(26)23(19)27/h3-5,12-16,32H,6-11H2,1-2H3,(H,28,29,30).